The van der Waals surface area contributed by atoms with Gasteiger partial charge in [0.05, 0.1) is 11.4 Å². The van der Waals surface area contributed by atoms with E-state index in [1.54, 1.807) is 30.5 Å². The van der Waals surface area contributed by atoms with Gasteiger partial charge in [-0.25, -0.2) is 4.79 Å². The van der Waals surface area contributed by atoms with Crippen molar-refractivity contribution in [2.45, 2.75) is 13.0 Å². The summed E-state index contributed by atoms with van der Waals surface area (Å²) in [6, 6.07) is 16.5. The number of hydrogen-bond donors (Lipinski definition) is 1. The third kappa shape index (κ3) is 2.84. The summed E-state index contributed by atoms with van der Waals surface area (Å²) in [6.07, 6.45) is 3.12. The van der Waals surface area contributed by atoms with Gasteiger partial charge >= 0.3 is 5.63 Å². The van der Waals surface area contributed by atoms with Crippen molar-refractivity contribution in [2.75, 3.05) is 0 Å². The van der Waals surface area contributed by atoms with E-state index < -0.39 is 5.63 Å². The van der Waals surface area contributed by atoms with Gasteiger partial charge in [0.25, 0.3) is 5.91 Å². The minimum Gasteiger partial charge on any atom is -0.422 e. The molecule has 1 N–H and O–H groups in total. The second-order valence-electron chi connectivity index (χ2n) is 6.13. The van der Waals surface area contributed by atoms with Crippen LogP contribution in [0.15, 0.2) is 76.2 Å². The van der Waals surface area contributed by atoms with Crippen molar-refractivity contribution in [1.29, 1.82) is 0 Å². The molecule has 1 atom stereocenters. The van der Waals surface area contributed by atoms with Gasteiger partial charge in [0.1, 0.15) is 5.58 Å². The van der Waals surface area contributed by atoms with Gasteiger partial charge < -0.3 is 9.73 Å². The first-order valence-corrected chi connectivity index (χ1v) is 8.30. The first-order chi connectivity index (χ1) is 12.6. The molecule has 0 radical (unpaired) electrons. The molecule has 0 aliphatic carbocycles. The monoisotopic (exact) mass is 344 g/mol. The molecule has 2 heterocycles. The van der Waals surface area contributed by atoms with Crippen LogP contribution in [-0.2, 0) is 0 Å². The minimum atomic E-state index is -0.462. The van der Waals surface area contributed by atoms with Crippen molar-refractivity contribution in [3.05, 3.63) is 88.5 Å². The lowest BCUT2D eigenvalue weighted by molar-refractivity contribution is 0.0940. The maximum Gasteiger partial charge on any atom is 0.345 e. The second-order valence-corrected chi connectivity index (χ2v) is 6.13. The minimum absolute atomic E-state index is 0.130. The van der Waals surface area contributed by atoms with Crippen molar-refractivity contribution < 1.29 is 9.21 Å². The lowest BCUT2D eigenvalue weighted by Gasteiger charge is -2.14. The lowest BCUT2D eigenvalue weighted by atomic mass is 10.1. The topological polar surface area (TPSA) is 72.2 Å². The maximum absolute atomic E-state index is 12.6. The van der Waals surface area contributed by atoms with Crippen molar-refractivity contribution in [1.82, 2.24) is 10.3 Å². The highest BCUT2D eigenvalue weighted by Gasteiger charge is 2.14. The molecule has 2 aromatic heterocycles. The first-order valence-electron chi connectivity index (χ1n) is 8.30. The number of carbonyl (C=O) groups excluding carboxylic acids is 1. The molecule has 0 aliphatic rings. The van der Waals surface area contributed by atoms with Gasteiger partial charge in [-0.3, -0.25) is 9.78 Å². The summed E-state index contributed by atoms with van der Waals surface area (Å²) in [5.41, 5.74) is 1.38. The summed E-state index contributed by atoms with van der Waals surface area (Å²) in [4.78, 5) is 28.7. The van der Waals surface area contributed by atoms with Gasteiger partial charge in [-0.1, -0.05) is 30.3 Å². The zero-order chi connectivity index (χ0) is 18.1. The van der Waals surface area contributed by atoms with E-state index in [-0.39, 0.29) is 11.9 Å². The SMILES string of the molecule is C[C@@H](NC(=O)c1ccc2c(c1)oc(=O)c1cnccc12)c1ccccc1. The van der Waals surface area contributed by atoms with Crippen LogP contribution in [0.1, 0.15) is 28.9 Å². The Balaban J connectivity index is 1.70. The molecule has 5 nitrogen and oxygen atoms in total. The number of nitrogens with zero attached hydrogens (tertiary/aromatic N) is 1. The number of carbonyl (C=O) groups is 1. The molecule has 0 fully saturated rings. The van der Waals surface area contributed by atoms with E-state index in [0.29, 0.717) is 16.5 Å². The smallest absolute Gasteiger partial charge is 0.345 e. The number of hydrogen-bond acceptors (Lipinski definition) is 4. The standard InChI is InChI=1S/C21H16N2O3/c1-13(14-5-3-2-4-6-14)23-20(24)15-7-8-17-16-9-10-22-12-18(16)21(25)26-19(17)11-15/h2-13H,1H3,(H,23,24)/t13-/m1/s1. The zero-order valence-corrected chi connectivity index (χ0v) is 14.1. The molecule has 0 saturated heterocycles. The molecule has 4 aromatic rings. The Bertz CT molecular complexity index is 1170. The summed E-state index contributed by atoms with van der Waals surface area (Å²) >= 11 is 0. The van der Waals surface area contributed by atoms with E-state index in [2.05, 4.69) is 10.3 Å². The van der Waals surface area contributed by atoms with Gasteiger partial charge in [0, 0.05) is 28.7 Å². The highest BCUT2D eigenvalue weighted by Crippen LogP contribution is 2.23. The average Bonchev–Trinajstić information content (AvgIpc) is 2.68. The second kappa shape index (κ2) is 6.44. The Hall–Kier alpha value is -3.47. The van der Waals surface area contributed by atoms with Gasteiger partial charge in [0.15, 0.2) is 0 Å². The third-order valence-electron chi connectivity index (χ3n) is 4.42. The zero-order valence-electron chi connectivity index (χ0n) is 14.1. The molecular weight excluding hydrogens is 328 g/mol. The lowest BCUT2D eigenvalue weighted by Crippen LogP contribution is -2.26. The molecule has 5 heteroatoms. The van der Waals surface area contributed by atoms with Crippen LogP contribution in [0.3, 0.4) is 0 Å². The molecule has 0 unspecified atom stereocenters. The van der Waals surface area contributed by atoms with Crippen LogP contribution in [0.2, 0.25) is 0 Å². The molecule has 128 valence electrons. The number of amides is 1. The van der Waals surface area contributed by atoms with E-state index in [4.69, 9.17) is 4.42 Å². The maximum atomic E-state index is 12.6. The molecule has 4 rings (SSSR count). The molecule has 0 saturated carbocycles. The van der Waals surface area contributed by atoms with Gasteiger partial charge in [-0.15, -0.1) is 0 Å². The fourth-order valence-corrected chi connectivity index (χ4v) is 3.02. The Morgan fingerprint density at radius 1 is 1.04 bits per heavy atom. The number of pyridine rings is 1. The van der Waals surface area contributed by atoms with Crippen LogP contribution in [0.5, 0.6) is 0 Å². The van der Waals surface area contributed by atoms with Gasteiger partial charge in [-0.2, -0.15) is 0 Å². The number of rotatable bonds is 3. The van der Waals surface area contributed by atoms with Crippen LogP contribution < -0.4 is 10.9 Å². The Kier molecular flexibility index (Phi) is 3.97. The quantitative estimate of drug-likeness (QED) is 0.453. The van der Waals surface area contributed by atoms with Crippen molar-refractivity contribution in [3.63, 3.8) is 0 Å². The highest BCUT2D eigenvalue weighted by atomic mass is 16.4. The number of nitrogens with one attached hydrogen (secondary N) is 1. The Morgan fingerprint density at radius 3 is 2.65 bits per heavy atom. The molecule has 0 spiro atoms. The largest absolute Gasteiger partial charge is 0.422 e. The fraction of sp³-hybridized carbons (Fsp3) is 0.0952. The van der Waals surface area contributed by atoms with Gasteiger partial charge in [0.2, 0.25) is 0 Å². The molecule has 2 aromatic carbocycles. The summed E-state index contributed by atoms with van der Waals surface area (Å²) in [7, 11) is 0. The summed E-state index contributed by atoms with van der Waals surface area (Å²) < 4.78 is 5.38. The summed E-state index contributed by atoms with van der Waals surface area (Å²) in [6.45, 7) is 1.93. The number of fused-ring (bicyclic) bond motifs is 3. The third-order valence-corrected chi connectivity index (χ3v) is 4.42. The molecule has 26 heavy (non-hydrogen) atoms. The first kappa shape index (κ1) is 16.0. The molecule has 1 amide bonds. The fourth-order valence-electron chi connectivity index (χ4n) is 3.02. The van der Waals surface area contributed by atoms with Crippen molar-refractivity contribution in [2.24, 2.45) is 0 Å². The van der Waals surface area contributed by atoms with E-state index in [9.17, 15) is 9.59 Å². The summed E-state index contributed by atoms with van der Waals surface area (Å²) in [5, 5.41) is 4.92. The van der Waals surface area contributed by atoms with Gasteiger partial charge in [-0.05, 0) is 36.8 Å². The predicted octanol–water partition coefficient (Wildman–Crippen LogP) is 3.83. The van der Waals surface area contributed by atoms with Crippen molar-refractivity contribution in [3.8, 4) is 0 Å². The number of aromatic nitrogens is 1. The average molecular weight is 344 g/mol. The van der Waals surface area contributed by atoms with Crippen LogP contribution in [0.4, 0.5) is 0 Å². The van der Waals surface area contributed by atoms with Crippen LogP contribution in [0.25, 0.3) is 21.7 Å². The molecular formula is C21H16N2O3. The van der Waals surface area contributed by atoms with Crippen molar-refractivity contribution >= 4 is 27.6 Å². The highest BCUT2D eigenvalue weighted by molar-refractivity contribution is 6.06. The van der Waals surface area contributed by atoms with Crippen LogP contribution in [0, 0.1) is 0 Å². The normalized spacial score (nSPS) is 12.2. The Labute approximate surface area is 149 Å². The molecule has 0 bridgehead atoms. The number of benzene rings is 2. The van der Waals surface area contributed by atoms with Crippen LogP contribution in [-0.4, -0.2) is 10.9 Å². The van der Waals surface area contributed by atoms with E-state index in [1.165, 1.54) is 6.20 Å². The van der Waals surface area contributed by atoms with E-state index in [0.717, 1.165) is 16.3 Å². The van der Waals surface area contributed by atoms with Crippen LogP contribution >= 0.6 is 0 Å². The van der Waals surface area contributed by atoms with E-state index >= 15 is 0 Å². The predicted molar refractivity (Wildman–Crippen MR) is 100 cm³/mol. The van der Waals surface area contributed by atoms with E-state index in [1.807, 2.05) is 37.3 Å². The Morgan fingerprint density at radius 2 is 1.85 bits per heavy atom. The molecule has 0 aliphatic heterocycles. The summed E-state index contributed by atoms with van der Waals surface area (Å²) in [5.74, 6) is -0.222.